The minimum Gasteiger partial charge on any atom is -0.350 e. The first-order valence-electron chi connectivity index (χ1n) is 7.28. The second-order valence-electron chi connectivity index (χ2n) is 5.24. The Morgan fingerprint density at radius 2 is 1.86 bits per heavy atom. The van der Waals surface area contributed by atoms with Crippen molar-refractivity contribution in [2.45, 2.75) is 19.0 Å². The van der Waals surface area contributed by atoms with Crippen LogP contribution in [-0.2, 0) is 11.3 Å². The Morgan fingerprint density at radius 3 is 2.50 bits per heavy atom. The molecule has 2 aromatic rings. The highest BCUT2D eigenvalue weighted by atomic mass is 16.2. The Bertz CT molecular complexity index is 658. The SMILES string of the molecule is O=C(NCc1ccncc1)[C@H]1CCN1C(=O)c1ccccc1. The lowest BCUT2D eigenvalue weighted by molar-refractivity contribution is -0.129. The molecule has 0 saturated carbocycles. The molecule has 0 radical (unpaired) electrons. The number of nitrogens with zero attached hydrogens (tertiary/aromatic N) is 2. The minimum atomic E-state index is -0.366. The molecule has 1 fully saturated rings. The van der Waals surface area contributed by atoms with Crippen molar-refractivity contribution in [3.63, 3.8) is 0 Å². The van der Waals surface area contributed by atoms with E-state index < -0.39 is 0 Å². The molecule has 3 rings (SSSR count). The molecule has 0 aliphatic carbocycles. The zero-order valence-electron chi connectivity index (χ0n) is 12.1. The lowest BCUT2D eigenvalue weighted by atomic mass is 10.00. The molecule has 1 atom stereocenters. The molecule has 2 heterocycles. The molecule has 1 N–H and O–H groups in total. The van der Waals surface area contributed by atoms with Crippen LogP contribution < -0.4 is 5.32 Å². The van der Waals surface area contributed by atoms with Gasteiger partial charge in [0.15, 0.2) is 0 Å². The summed E-state index contributed by atoms with van der Waals surface area (Å²) in [5, 5.41) is 2.88. The Morgan fingerprint density at radius 1 is 1.14 bits per heavy atom. The minimum absolute atomic E-state index is 0.0871. The fourth-order valence-corrected chi connectivity index (χ4v) is 2.46. The molecule has 22 heavy (non-hydrogen) atoms. The summed E-state index contributed by atoms with van der Waals surface area (Å²) in [6.45, 7) is 1.08. The van der Waals surface area contributed by atoms with Crippen LogP contribution in [0, 0.1) is 0 Å². The summed E-state index contributed by atoms with van der Waals surface area (Å²) in [6, 6.07) is 12.4. The van der Waals surface area contributed by atoms with E-state index >= 15 is 0 Å². The van der Waals surface area contributed by atoms with Crippen molar-refractivity contribution in [1.82, 2.24) is 15.2 Å². The Balaban J connectivity index is 1.58. The number of aromatic nitrogens is 1. The Kier molecular flexibility index (Phi) is 4.14. The van der Waals surface area contributed by atoms with Crippen LogP contribution in [0.3, 0.4) is 0 Å². The van der Waals surface area contributed by atoms with E-state index in [1.807, 2.05) is 30.3 Å². The third-order valence-corrected chi connectivity index (χ3v) is 3.82. The second kappa shape index (κ2) is 6.39. The fraction of sp³-hybridized carbons (Fsp3) is 0.235. The quantitative estimate of drug-likeness (QED) is 0.932. The number of hydrogen-bond donors (Lipinski definition) is 1. The van der Waals surface area contributed by atoms with E-state index in [2.05, 4.69) is 10.3 Å². The number of rotatable bonds is 4. The van der Waals surface area contributed by atoms with Gasteiger partial charge in [0.05, 0.1) is 0 Å². The van der Waals surface area contributed by atoms with Gasteiger partial charge in [0.2, 0.25) is 5.91 Å². The largest absolute Gasteiger partial charge is 0.350 e. The summed E-state index contributed by atoms with van der Waals surface area (Å²) in [5.74, 6) is -0.191. The van der Waals surface area contributed by atoms with Gasteiger partial charge in [-0.25, -0.2) is 0 Å². The third-order valence-electron chi connectivity index (χ3n) is 3.82. The number of amides is 2. The summed E-state index contributed by atoms with van der Waals surface area (Å²) in [6.07, 6.45) is 4.09. The first kappa shape index (κ1) is 14.3. The normalized spacial score (nSPS) is 16.7. The molecule has 112 valence electrons. The lowest BCUT2D eigenvalue weighted by Gasteiger charge is -2.39. The molecule has 1 aromatic carbocycles. The number of carbonyl (C=O) groups is 2. The van der Waals surface area contributed by atoms with Crippen LogP contribution in [-0.4, -0.2) is 34.3 Å². The van der Waals surface area contributed by atoms with E-state index in [1.165, 1.54) is 0 Å². The molecule has 0 bridgehead atoms. The first-order valence-corrected chi connectivity index (χ1v) is 7.28. The highest BCUT2D eigenvalue weighted by molar-refractivity contribution is 5.98. The van der Waals surface area contributed by atoms with Crippen molar-refractivity contribution in [2.24, 2.45) is 0 Å². The maximum absolute atomic E-state index is 12.4. The molecule has 5 heteroatoms. The second-order valence-corrected chi connectivity index (χ2v) is 5.24. The lowest BCUT2D eigenvalue weighted by Crippen LogP contribution is -2.58. The maximum atomic E-state index is 12.4. The number of hydrogen-bond acceptors (Lipinski definition) is 3. The van der Waals surface area contributed by atoms with Crippen molar-refractivity contribution >= 4 is 11.8 Å². The van der Waals surface area contributed by atoms with Crippen LogP contribution in [0.25, 0.3) is 0 Å². The average molecular weight is 295 g/mol. The molecule has 1 saturated heterocycles. The van der Waals surface area contributed by atoms with Crippen LogP contribution >= 0.6 is 0 Å². The maximum Gasteiger partial charge on any atom is 0.254 e. The van der Waals surface area contributed by atoms with Gasteiger partial charge < -0.3 is 10.2 Å². The summed E-state index contributed by atoms with van der Waals surface area (Å²) in [7, 11) is 0. The number of benzene rings is 1. The van der Waals surface area contributed by atoms with Gasteiger partial charge in [0, 0.05) is 31.0 Å². The number of nitrogens with one attached hydrogen (secondary N) is 1. The van der Waals surface area contributed by atoms with Crippen LogP contribution in [0.5, 0.6) is 0 Å². The monoisotopic (exact) mass is 295 g/mol. The fourth-order valence-electron chi connectivity index (χ4n) is 2.46. The molecule has 0 spiro atoms. The highest BCUT2D eigenvalue weighted by Gasteiger charge is 2.37. The van der Waals surface area contributed by atoms with Gasteiger partial charge in [-0.2, -0.15) is 0 Å². The zero-order chi connectivity index (χ0) is 15.4. The smallest absolute Gasteiger partial charge is 0.254 e. The van der Waals surface area contributed by atoms with Gasteiger partial charge in [-0.05, 0) is 36.2 Å². The molecule has 1 aromatic heterocycles. The van der Waals surface area contributed by atoms with Crippen molar-refractivity contribution in [3.8, 4) is 0 Å². The number of likely N-dealkylation sites (tertiary alicyclic amines) is 1. The predicted molar refractivity (Wildman–Crippen MR) is 82.0 cm³/mol. The van der Waals surface area contributed by atoms with Gasteiger partial charge in [0.1, 0.15) is 6.04 Å². The molecule has 2 amide bonds. The molecule has 1 aliphatic rings. The topological polar surface area (TPSA) is 62.3 Å². The van der Waals surface area contributed by atoms with Gasteiger partial charge in [-0.15, -0.1) is 0 Å². The van der Waals surface area contributed by atoms with E-state index in [4.69, 9.17) is 0 Å². The number of carbonyl (C=O) groups excluding carboxylic acids is 2. The Labute approximate surface area is 129 Å². The van der Waals surface area contributed by atoms with E-state index in [9.17, 15) is 9.59 Å². The van der Waals surface area contributed by atoms with E-state index in [0.717, 1.165) is 5.56 Å². The molecule has 0 unspecified atom stereocenters. The third kappa shape index (κ3) is 2.98. The summed E-state index contributed by atoms with van der Waals surface area (Å²) in [4.78, 5) is 30.1. The zero-order valence-corrected chi connectivity index (χ0v) is 12.1. The van der Waals surface area contributed by atoms with Crippen LogP contribution in [0.15, 0.2) is 54.9 Å². The van der Waals surface area contributed by atoms with E-state index in [-0.39, 0.29) is 17.9 Å². The summed E-state index contributed by atoms with van der Waals surface area (Å²) < 4.78 is 0. The van der Waals surface area contributed by atoms with Crippen LogP contribution in [0.4, 0.5) is 0 Å². The molecule has 1 aliphatic heterocycles. The number of pyridine rings is 1. The molecular weight excluding hydrogens is 278 g/mol. The van der Waals surface area contributed by atoms with Crippen molar-refractivity contribution in [2.75, 3.05) is 6.54 Å². The molecular formula is C17H17N3O2. The summed E-state index contributed by atoms with van der Waals surface area (Å²) in [5.41, 5.74) is 1.61. The first-order chi connectivity index (χ1) is 10.8. The van der Waals surface area contributed by atoms with Gasteiger partial charge in [-0.3, -0.25) is 14.6 Å². The van der Waals surface area contributed by atoms with Crippen LogP contribution in [0.2, 0.25) is 0 Å². The summed E-state index contributed by atoms with van der Waals surface area (Å²) >= 11 is 0. The van der Waals surface area contributed by atoms with E-state index in [0.29, 0.717) is 25.1 Å². The van der Waals surface area contributed by atoms with E-state index in [1.54, 1.807) is 29.4 Å². The predicted octanol–water partition coefficient (Wildman–Crippen LogP) is 1.61. The van der Waals surface area contributed by atoms with Crippen molar-refractivity contribution in [1.29, 1.82) is 0 Å². The Hall–Kier alpha value is -2.69. The van der Waals surface area contributed by atoms with Gasteiger partial charge in [0.25, 0.3) is 5.91 Å². The highest BCUT2D eigenvalue weighted by Crippen LogP contribution is 2.20. The van der Waals surface area contributed by atoms with Crippen LogP contribution in [0.1, 0.15) is 22.3 Å². The van der Waals surface area contributed by atoms with Gasteiger partial charge >= 0.3 is 0 Å². The van der Waals surface area contributed by atoms with Crippen molar-refractivity contribution < 1.29 is 9.59 Å². The standard InChI is InChI=1S/C17H17N3O2/c21-16(19-12-13-6-9-18-10-7-13)15-8-11-20(15)17(22)14-4-2-1-3-5-14/h1-7,9-10,15H,8,11-12H2,(H,19,21)/t15-/m1/s1. The van der Waals surface area contributed by atoms with Crippen molar-refractivity contribution in [3.05, 3.63) is 66.0 Å². The average Bonchev–Trinajstić information content (AvgIpc) is 2.54. The molecule has 5 nitrogen and oxygen atoms in total. The van der Waals surface area contributed by atoms with Gasteiger partial charge in [-0.1, -0.05) is 18.2 Å².